The van der Waals surface area contributed by atoms with Gasteiger partial charge in [0.25, 0.3) is 5.91 Å². The SMILES string of the molecule is CC(C)C(C)NC(=O)COC(=O)C1CCN(S(=O)(=O)c2ccc(Cl)c(C(F)(F)F)c2)CC1. The molecule has 1 heterocycles. The van der Waals surface area contributed by atoms with E-state index in [1.807, 2.05) is 20.8 Å². The van der Waals surface area contributed by atoms with Crippen LogP contribution in [0.1, 0.15) is 39.2 Å². The Morgan fingerprint density at radius 3 is 2.34 bits per heavy atom. The molecular formula is C20H26ClF3N2O5S. The molecule has 32 heavy (non-hydrogen) atoms. The lowest BCUT2D eigenvalue weighted by atomic mass is 9.98. The molecule has 0 radical (unpaired) electrons. The lowest BCUT2D eigenvalue weighted by Crippen LogP contribution is -2.42. The summed E-state index contributed by atoms with van der Waals surface area (Å²) in [7, 11) is -4.20. The van der Waals surface area contributed by atoms with Crippen molar-refractivity contribution < 1.29 is 35.9 Å². The van der Waals surface area contributed by atoms with E-state index in [9.17, 15) is 31.2 Å². The van der Waals surface area contributed by atoms with E-state index in [1.165, 1.54) is 0 Å². The van der Waals surface area contributed by atoms with Crippen molar-refractivity contribution in [2.24, 2.45) is 11.8 Å². The van der Waals surface area contributed by atoms with Crippen LogP contribution in [0.25, 0.3) is 0 Å². The number of nitrogens with zero attached hydrogens (tertiary/aromatic N) is 1. The van der Waals surface area contributed by atoms with Crippen LogP contribution in [0.2, 0.25) is 5.02 Å². The van der Waals surface area contributed by atoms with Crippen molar-refractivity contribution in [1.29, 1.82) is 0 Å². The van der Waals surface area contributed by atoms with Gasteiger partial charge in [-0.15, -0.1) is 0 Å². The topological polar surface area (TPSA) is 92.8 Å². The fraction of sp³-hybridized carbons (Fsp3) is 0.600. The van der Waals surface area contributed by atoms with Crippen LogP contribution in [0.5, 0.6) is 0 Å². The summed E-state index contributed by atoms with van der Waals surface area (Å²) in [6, 6.07) is 2.34. The smallest absolute Gasteiger partial charge is 0.417 e. The van der Waals surface area contributed by atoms with Gasteiger partial charge in [-0.1, -0.05) is 25.4 Å². The van der Waals surface area contributed by atoms with Crippen LogP contribution in [-0.4, -0.2) is 50.3 Å². The molecule has 0 aliphatic carbocycles. The summed E-state index contributed by atoms with van der Waals surface area (Å²) < 4.78 is 70.8. The van der Waals surface area contributed by atoms with Crippen LogP contribution in [-0.2, 0) is 30.5 Å². The molecule has 0 saturated carbocycles. The van der Waals surface area contributed by atoms with Gasteiger partial charge in [0, 0.05) is 19.1 Å². The van der Waals surface area contributed by atoms with Gasteiger partial charge in [-0.05, 0) is 43.9 Å². The quantitative estimate of drug-likeness (QED) is 0.581. The van der Waals surface area contributed by atoms with E-state index in [1.54, 1.807) is 0 Å². The minimum Gasteiger partial charge on any atom is -0.455 e. The van der Waals surface area contributed by atoms with E-state index in [-0.39, 0.29) is 37.9 Å². The van der Waals surface area contributed by atoms with Gasteiger partial charge in [0.05, 0.1) is 21.4 Å². The number of nitrogens with one attached hydrogen (secondary N) is 1. The van der Waals surface area contributed by atoms with Gasteiger partial charge in [-0.3, -0.25) is 9.59 Å². The molecule has 1 amide bonds. The van der Waals surface area contributed by atoms with Crippen molar-refractivity contribution in [3.8, 4) is 0 Å². The molecule has 0 aromatic heterocycles. The highest BCUT2D eigenvalue weighted by Gasteiger charge is 2.37. The predicted molar refractivity (Wildman–Crippen MR) is 111 cm³/mol. The van der Waals surface area contributed by atoms with Crippen LogP contribution >= 0.6 is 11.6 Å². The van der Waals surface area contributed by atoms with Gasteiger partial charge < -0.3 is 10.1 Å². The lowest BCUT2D eigenvalue weighted by molar-refractivity contribution is -0.153. The summed E-state index contributed by atoms with van der Waals surface area (Å²) in [5.74, 6) is -1.43. The molecule has 1 aliphatic rings. The maximum atomic E-state index is 13.1. The van der Waals surface area contributed by atoms with Crippen molar-refractivity contribution in [1.82, 2.24) is 9.62 Å². The fourth-order valence-electron chi connectivity index (χ4n) is 3.08. The molecule has 0 spiro atoms. The number of halogens is 4. The van der Waals surface area contributed by atoms with Gasteiger partial charge in [0.2, 0.25) is 10.0 Å². The third-order valence-corrected chi connectivity index (χ3v) is 7.63. The number of alkyl halides is 3. The van der Waals surface area contributed by atoms with Crippen molar-refractivity contribution in [2.45, 2.75) is 50.7 Å². The number of sulfonamides is 1. The van der Waals surface area contributed by atoms with Crippen LogP contribution in [0.4, 0.5) is 13.2 Å². The molecule has 1 N–H and O–H groups in total. The second-order valence-corrected chi connectivity index (χ2v) is 10.4. The number of carbonyl (C=O) groups is 2. The number of rotatable bonds is 7. The first kappa shape index (κ1) is 26.4. The van der Waals surface area contributed by atoms with Gasteiger partial charge in [-0.25, -0.2) is 8.42 Å². The Hall–Kier alpha value is -1.85. The molecule has 180 valence electrons. The number of esters is 1. The van der Waals surface area contributed by atoms with E-state index in [2.05, 4.69) is 5.32 Å². The molecule has 7 nitrogen and oxygen atoms in total. The highest BCUT2D eigenvalue weighted by Crippen LogP contribution is 2.36. The highest BCUT2D eigenvalue weighted by molar-refractivity contribution is 7.89. The number of hydrogen-bond acceptors (Lipinski definition) is 5. The van der Waals surface area contributed by atoms with E-state index >= 15 is 0 Å². The second-order valence-electron chi connectivity index (χ2n) is 8.03. The van der Waals surface area contributed by atoms with Crippen molar-refractivity contribution in [3.63, 3.8) is 0 Å². The maximum Gasteiger partial charge on any atom is 0.417 e. The predicted octanol–water partition coefficient (Wildman–Crippen LogP) is 3.46. The first-order chi connectivity index (χ1) is 14.7. The average molecular weight is 499 g/mol. The third kappa shape index (κ3) is 6.58. The van der Waals surface area contributed by atoms with Crippen LogP contribution in [0.3, 0.4) is 0 Å². The number of benzene rings is 1. The van der Waals surface area contributed by atoms with Gasteiger partial charge in [0.1, 0.15) is 0 Å². The first-order valence-electron chi connectivity index (χ1n) is 10.1. The minimum atomic E-state index is -4.79. The number of amides is 1. The van der Waals surface area contributed by atoms with Crippen molar-refractivity contribution >= 4 is 33.5 Å². The van der Waals surface area contributed by atoms with E-state index in [0.29, 0.717) is 6.07 Å². The molecule has 1 aliphatic heterocycles. The molecule has 12 heteroatoms. The van der Waals surface area contributed by atoms with Gasteiger partial charge in [0.15, 0.2) is 6.61 Å². The Bertz CT molecular complexity index is 945. The molecule has 1 aromatic carbocycles. The fourth-order valence-corrected chi connectivity index (χ4v) is 4.80. The van der Waals surface area contributed by atoms with Crippen molar-refractivity contribution in [2.75, 3.05) is 19.7 Å². The van der Waals surface area contributed by atoms with Crippen LogP contribution in [0, 0.1) is 11.8 Å². The van der Waals surface area contributed by atoms with E-state index in [4.69, 9.17) is 16.3 Å². The molecule has 1 saturated heterocycles. The molecular weight excluding hydrogens is 473 g/mol. The zero-order valence-electron chi connectivity index (χ0n) is 17.9. The number of carbonyl (C=O) groups excluding carboxylic acids is 2. The monoisotopic (exact) mass is 498 g/mol. The van der Waals surface area contributed by atoms with Crippen molar-refractivity contribution in [3.05, 3.63) is 28.8 Å². The summed E-state index contributed by atoms with van der Waals surface area (Å²) in [6.07, 6.45) is -4.54. The Kier molecular flexibility index (Phi) is 8.57. The summed E-state index contributed by atoms with van der Waals surface area (Å²) in [6.45, 7) is 5.14. The van der Waals surface area contributed by atoms with E-state index < -0.39 is 56.1 Å². The Balaban J connectivity index is 1.96. The number of hydrogen-bond donors (Lipinski definition) is 1. The molecule has 1 fully saturated rings. The number of piperidine rings is 1. The molecule has 1 atom stereocenters. The summed E-state index contributed by atoms with van der Waals surface area (Å²) in [5.41, 5.74) is -1.23. The molecule has 1 unspecified atom stereocenters. The Morgan fingerprint density at radius 1 is 1.22 bits per heavy atom. The lowest BCUT2D eigenvalue weighted by Gasteiger charge is -2.30. The standard InChI is InChI=1S/C20H26ClF3N2O5S/c1-12(2)13(3)25-18(27)11-31-19(28)14-6-8-26(9-7-14)32(29,30)15-4-5-17(21)16(10-15)20(22,23)24/h4-5,10,12-14H,6-9,11H2,1-3H3,(H,25,27). The largest absolute Gasteiger partial charge is 0.455 e. The number of ether oxygens (including phenoxy) is 1. The van der Waals surface area contributed by atoms with Crippen LogP contribution < -0.4 is 5.32 Å². The Morgan fingerprint density at radius 2 is 1.81 bits per heavy atom. The van der Waals surface area contributed by atoms with Gasteiger partial charge in [-0.2, -0.15) is 17.5 Å². The molecule has 0 bridgehead atoms. The van der Waals surface area contributed by atoms with E-state index in [0.717, 1.165) is 16.4 Å². The minimum absolute atomic E-state index is 0.0668. The van der Waals surface area contributed by atoms with Gasteiger partial charge >= 0.3 is 12.1 Å². The van der Waals surface area contributed by atoms with Crippen LogP contribution in [0.15, 0.2) is 23.1 Å². The Labute approximate surface area is 190 Å². The third-order valence-electron chi connectivity index (χ3n) is 5.40. The maximum absolute atomic E-state index is 13.1. The average Bonchev–Trinajstić information content (AvgIpc) is 2.71. The normalized spacial score (nSPS) is 17.2. The molecule has 1 aromatic rings. The molecule has 2 rings (SSSR count). The summed E-state index contributed by atoms with van der Waals surface area (Å²) in [4.78, 5) is 23.6. The summed E-state index contributed by atoms with van der Waals surface area (Å²) in [5, 5.41) is 2.12. The highest BCUT2D eigenvalue weighted by atomic mass is 35.5. The second kappa shape index (κ2) is 10.4. The zero-order chi connectivity index (χ0) is 24.3. The first-order valence-corrected chi connectivity index (χ1v) is 11.9. The zero-order valence-corrected chi connectivity index (χ0v) is 19.5. The summed E-state index contributed by atoms with van der Waals surface area (Å²) >= 11 is 5.56.